The van der Waals surface area contributed by atoms with Gasteiger partial charge in [-0.2, -0.15) is 0 Å². The summed E-state index contributed by atoms with van der Waals surface area (Å²) < 4.78 is 7.59. The van der Waals surface area contributed by atoms with Crippen molar-refractivity contribution in [2.24, 2.45) is 0 Å². The summed E-state index contributed by atoms with van der Waals surface area (Å²) in [6, 6.07) is 2.22. The Kier molecular flexibility index (Phi) is 6.19. The van der Waals surface area contributed by atoms with Crippen LogP contribution in [0.2, 0.25) is 0 Å². The number of ether oxygens (including phenoxy) is 1. The van der Waals surface area contributed by atoms with Crippen molar-refractivity contribution in [1.29, 1.82) is 0 Å². The van der Waals surface area contributed by atoms with Gasteiger partial charge in [-0.1, -0.05) is 13.0 Å². The van der Waals surface area contributed by atoms with Gasteiger partial charge in [-0.25, -0.2) is 9.97 Å². The van der Waals surface area contributed by atoms with E-state index in [0.29, 0.717) is 5.75 Å². The zero-order valence-corrected chi connectivity index (χ0v) is 16.3. The monoisotopic (exact) mass is 365 g/mol. The van der Waals surface area contributed by atoms with Crippen LogP contribution in [0.1, 0.15) is 44.1 Å². The number of pyridine rings is 1. The van der Waals surface area contributed by atoms with Crippen LogP contribution in [0.5, 0.6) is 5.75 Å². The van der Waals surface area contributed by atoms with Gasteiger partial charge in [0.25, 0.3) is 0 Å². The SMILES string of the molecule is C=CCCCc1nc(-c2cc(C(C)NCC)ncc2OC)cn2ccnc12. The fraction of sp³-hybridized carbons (Fsp3) is 0.381. The Morgan fingerprint density at radius 1 is 1.37 bits per heavy atom. The highest BCUT2D eigenvalue weighted by molar-refractivity contribution is 5.68. The minimum Gasteiger partial charge on any atom is -0.494 e. The van der Waals surface area contributed by atoms with E-state index < -0.39 is 0 Å². The lowest BCUT2D eigenvalue weighted by Gasteiger charge is -2.15. The van der Waals surface area contributed by atoms with E-state index in [0.717, 1.165) is 54.1 Å². The van der Waals surface area contributed by atoms with Crippen LogP contribution in [0.3, 0.4) is 0 Å². The lowest BCUT2D eigenvalue weighted by Crippen LogP contribution is -2.18. The predicted octanol–water partition coefficient (Wildman–Crippen LogP) is 3.98. The average Bonchev–Trinajstić information content (AvgIpc) is 3.16. The molecule has 6 nitrogen and oxygen atoms in total. The Balaban J connectivity index is 2.07. The summed E-state index contributed by atoms with van der Waals surface area (Å²) in [5, 5.41) is 3.40. The lowest BCUT2D eigenvalue weighted by molar-refractivity contribution is 0.413. The van der Waals surface area contributed by atoms with E-state index in [-0.39, 0.29) is 6.04 Å². The van der Waals surface area contributed by atoms with Crippen LogP contribution in [-0.2, 0) is 6.42 Å². The number of methoxy groups -OCH3 is 1. The Labute approximate surface area is 160 Å². The van der Waals surface area contributed by atoms with Crippen molar-refractivity contribution in [3.05, 3.63) is 54.9 Å². The number of aromatic nitrogens is 4. The van der Waals surface area contributed by atoms with Crippen LogP contribution in [0, 0.1) is 0 Å². The highest BCUT2D eigenvalue weighted by Crippen LogP contribution is 2.31. The molecule has 1 unspecified atom stereocenters. The van der Waals surface area contributed by atoms with Gasteiger partial charge in [-0.05, 0) is 38.8 Å². The molecule has 27 heavy (non-hydrogen) atoms. The van der Waals surface area contributed by atoms with Gasteiger partial charge in [0, 0.05) is 30.2 Å². The van der Waals surface area contributed by atoms with Crippen LogP contribution in [0.15, 0.2) is 43.5 Å². The zero-order chi connectivity index (χ0) is 19.2. The number of aryl methyl sites for hydroxylation is 1. The molecule has 0 radical (unpaired) electrons. The van der Waals surface area contributed by atoms with Crippen molar-refractivity contribution in [2.75, 3.05) is 13.7 Å². The summed E-state index contributed by atoms with van der Waals surface area (Å²) in [6.07, 6.45) is 12.3. The Bertz CT molecular complexity index is 918. The lowest BCUT2D eigenvalue weighted by atomic mass is 10.1. The number of nitrogens with zero attached hydrogens (tertiary/aromatic N) is 4. The number of fused-ring (bicyclic) bond motifs is 1. The number of unbranched alkanes of at least 4 members (excludes halogenated alkanes) is 1. The van der Waals surface area contributed by atoms with Gasteiger partial charge in [0.1, 0.15) is 5.75 Å². The van der Waals surface area contributed by atoms with Gasteiger partial charge < -0.3 is 14.5 Å². The second-order valence-corrected chi connectivity index (χ2v) is 6.50. The Morgan fingerprint density at radius 2 is 2.22 bits per heavy atom. The highest BCUT2D eigenvalue weighted by Gasteiger charge is 2.16. The summed E-state index contributed by atoms with van der Waals surface area (Å²) in [4.78, 5) is 13.9. The zero-order valence-electron chi connectivity index (χ0n) is 16.3. The summed E-state index contributed by atoms with van der Waals surface area (Å²) in [5.74, 6) is 0.714. The van der Waals surface area contributed by atoms with Gasteiger partial charge in [0.05, 0.1) is 30.4 Å². The van der Waals surface area contributed by atoms with Gasteiger partial charge in [0.15, 0.2) is 5.65 Å². The first kappa shape index (κ1) is 19.0. The second-order valence-electron chi connectivity index (χ2n) is 6.50. The summed E-state index contributed by atoms with van der Waals surface area (Å²) in [6.45, 7) is 8.88. The molecule has 0 aromatic carbocycles. The molecule has 1 N–H and O–H groups in total. The van der Waals surface area contributed by atoms with E-state index in [9.17, 15) is 0 Å². The molecule has 0 amide bonds. The summed E-state index contributed by atoms with van der Waals surface area (Å²) in [5.41, 5.74) is 4.65. The predicted molar refractivity (Wildman–Crippen MR) is 108 cm³/mol. The van der Waals surface area contributed by atoms with Gasteiger partial charge in [0.2, 0.25) is 0 Å². The normalized spacial score (nSPS) is 12.3. The van der Waals surface area contributed by atoms with Gasteiger partial charge in [-0.3, -0.25) is 4.98 Å². The number of hydrogen-bond acceptors (Lipinski definition) is 5. The Hall–Kier alpha value is -2.73. The third-order valence-electron chi connectivity index (χ3n) is 4.60. The maximum Gasteiger partial charge on any atom is 0.158 e. The topological polar surface area (TPSA) is 64.3 Å². The van der Waals surface area contributed by atoms with E-state index in [2.05, 4.69) is 41.8 Å². The maximum absolute atomic E-state index is 5.57. The van der Waals surface area contributed by atoms with E-state index in [1.165, 1.54) is 0 Å². The molecule has 0 fully saturated rings. The van der Waals surface area contributed by atoms with Crippen molar-refractivity contribution in [2.45, 2.75) is 39.2 Å². The molecule has 3 aromatic rings. The molecule has 0 aliphatic heterocycles. The molecule has 3 rings (SSSR count). The smallest absolute Gasteiger partial charge is 0.158 e. The third-order valence-corrected chi connectivity index (χ3v) is 4.60. The minimum atomic E-state index is 0.156. The van der Waals surface area contributed by atoms with Crippen molar-refractivity contribution < 1.29 is 4.74 Å². The van der Waals surface area contributed by atoms with E-state index in [4.69, 9.17) is 9.72 Å². The molecule has 0 bridgehead atoms. The molecule has 0 saturated carbocycles. The van der Waals surface area contributed by atoms with Gasteiger partial charge in [-0.15, -0.1) is 6.58 Å². The molecular formula is C21H27N5O. The molecular weight excluding hydrogens is 338 g/mol. The van der Waals surface area contributed by atoms with Crippen molar-refractivity contribution in [1.82, 2.24) is 24.7 Å². The standard InChI is InChI=1S/C21H27N5O/c1-5-7-8-9-17-21-23-10-11-26(21)14-19(25-17)16-12-18(15(3)22-6-2)24-13-20(16)27-4/h5,10-15,22H,1,6-9H2,2-4H3. The van der Waals surface area contributed by atoms with Crippen molar-refractivity contribution in [3.8, 4) is 17.0 Å². The first-order chi connectivity index (χ1) is 13.2. The number of rotatable bonds is 9. The van der Waals surface area contributed by atoms with Crippen molar-refractivity contribution in [3.63, 3.8) is 0 Å². The molecule has 142 valence electrons. The van der Waals surface area contributed by atoms with Crippen LogP contribution in [0.4, 0.5) is 0 Å². The van der Waals surface area contributed by atoms with Gasteiger partial charge >= 0.3 is 0 Å². The first-order valence-electron chi connectivity index (χ1n) is 9.39. The molecule has 0 saturated heterocycles. The Morgan fingerprint density at radius 3 is 2.96 bits per heavy atom. The minimum absolute atomic E-state index is 0.156. The number of hydrogen-bond donors (Lipinski definition) is 1. The summed E-state index contributed by atoms with van der Waals surface area (Å²) >= 11 is 0. The average molecular weight is 365 g/mol. The highest BCUT2D eigenvalue weighted by atomic mass is 16.5. The molecule has 0 aliphatic carbocycles. The molecule has 3 aromatic heterocycles. The van der Waals surface area contributed by atoms with E-state index in [1.54, 1.807) is 19.5 Å². The number of imidazole rings is 1. The second kappa shape index (κ2) is 8.77. The van der Waals surface area contributed by atoms with Crippen LogP contribution in [0.25, 0.3) is 16.9 Å². The molecule has 6 heteroatoms. The molecule has 1 atom stereocenters. The quantitative estimate of drug-likeness (QED) is 0.459. The maximum atomic E-state index is 5.57. The van der Waals surface area contributed by atoms with Crippen molar-refractivity contribution >= 4 is 5.65 Å². The van der Waals surface area contributed by atoms with Crippen LogP contribution < -0.4 is 10.1 Å². The van der Waals surface area contributed by atoms with Crippen LogP contribution in [-0.4, -0.2) is 33.0 Å². The number of allylic oxidation sites excluding steroid dienone is 1. The molecule has 0 spiro atoms. The number of nitrogens with one attached hydrogen (secondary N) is 1. The first-order valence-corrected chi connectivity index (χ1v) is 9.39. The third kappa shape index (κ3) is 4.17. The largest absolute Gasteiger partial charge is 0.494 e. The van der Waals surface area contributed by atoms with E-state index in [1.807, 2.05) is 22.9 Å². The molecule has 0 aliphatic rings. The molecule has 3 heterocycles. The fourth-order valence-corrected chi connectivity index (χ4v) is 3.18. The van der Waals surface area contributed by atoms with Crippen LogP contribution >= 0.6 is 0 Å². The van der Waals surface area contributed by atoms with E-state index >= 15 is 0 Å². The fourth-order valence-electron chi connectivity index (χ4n) is 3.18. The summed E-state index contributed by atoms with van der Waals surface area (Å²) in [7, 11) is 1.66.